The van der Waals surface area contributed by atoms with E-state index < -0.39 is 10.0 Å². The molecule has 0 radical (unpaired) electrons. The molecule has 0 aromatic heterocycles. The summed E-state index contributed by atoms with van der Waals surface area (Å²) in [4.78, 5) is 0.249. The van der Waals surface area contributed by atoms with Crippen molar-refractivity contribution in [2.45, 2.75) is 44.6 Å². The summed E-state index contributed by atoms with van der Waals surface area (Å²) in [6, 6.07) is 4.61. The molecule has 21 heavy (non-hydrogen) atoms. The van der Waals surface area contributed by atoms with E-state index in [0.29, 0.717) is 13.0 Å². The highest BCUT2D eigenvalue weighted by Gasteiger charge is 2.29. The molecule has 0 saturated heterocycles. The van der Waals surface area contributed by atoms with E-state index in [4.69, 9.17) is 9.84 Å². The summed E-state index contributed by atoms with van der Waals surface area (Å²) in [6.07, 6.45) is 1.12. The Kier molecular flexibility index (Phi) is 4.60. The van der Waals surface area contributed by atoms with Gasteiger partial charge in [-0.05, 0) is 35.6 Å². The zero-order valence-electron chi connectivity index (χ0n) is 12.7. The molecule has 0 aliphatic carbocycles. The Balaban J connectivity index is 2.25. The van der Waals surface area contributed by atoms with Gasteiger partial charge in [0.2, 0.25) is 10.0 Å². The highest BCUT2D eigenvalue weighted by Crippen LogP contribution is 2.29. The van der Waals surface area contributed by atoms with E-state index in [-0.39, 0.29) is 23.0 Å². The predicted octanol–water partition coefficient (Wildman–Crippen LogP) is 1.70. The normalized spacial score (nSPS) is 16.4. The highest BCUT2D eigenvalue weighted by molar-refractivity contribution is 7.89. The molecule has 0 saturated carbocycles. The second-order valence-electron chi connectivity index (χ2n) is 6.42. The van der Waals surface area contributed by atoms with E-state index in [1.54, 1.807) is 18.2 Å². The van der Waals surface area contributed by atoms with Crippen LogP contribution < -0.4 is 9.46 Å². The first-order chi connectivity index (χ1) is 9.74. The minimum absolute atomic E-state index is 0.0531. The number of hydrogen-bond acceptors (Lipinski definition) is 4. The van der Waals surface area contributed by atoms with E-state index in [0.717, 1.165) is 17.7 Å². The number of aliphatic hydroxyl groups is 1. The number of rotatable bonds is 5. The van der Waals surface area contributed by atoms with Gasteiger partial charge in [0.15, 0.2) is 0 Å². The molecule has 1 heterocycles. The molecule has 2 rings (SSSR count). The average molecular weight is 313 g/mol. The third kappa shape index (κ3) is 3.75. The fourth-order valence-electron chi connectivity index (χ4n) is 2.38. The van der Waals surface area contributed by atoms with Gasteiger partial charge in [-0.3, -0.25) is 0 Å². The zero-order valence-corrected chi connectivity index (χ0v) is 13.5. The highest BCUT2D eigenvalue weighted by atomic mass is 32.2. The molecule has 6 heteroatoms. The topological polar surface area (TPSA) is 75.6 Å². The number of nitrogens with one attached hydrogen (secondary N) is 1. The van der Waals surface area contributed by atoms with Crippen molar-refractivity contribution in [3.8, 4) is 5.75 Å². The Bertz CT molecular complexity index is 605. The van der Waals surface area contributed by atoms with Crippen molar-refractivity contribution in [3.05, 3.63) is 23.8 Å². The Labute approximate surface area is 126 Å². The molecule has 0 fully saturated rings. The van der Waals surface area contributed by atoms with Crippen LogP contribution in [0.3, 0.4) is 0 Å². The lowest BCUT2D eigenvalue weighted by Gasteiger charge is -2.30. The molecule has 1 atom stereocenters. The number of aliphatic hydroxyl groups excluding tert-OH is 1. The summed E-state index contributed by atoms with van der Waals surface area (Å²) in [5.74, 6) is 0.761. The van der Waals surface area contributed by atoms with Crippen LogP contribution in [0.4, 0.5) is 0 Å². The average Bonchev–Trinajstić information content (AvgIpc) is 2.84. The quantitative estimate of drug-likeness (QED) is 0.867. The fraction of sp³-hybridized carbons (Fsp3) is 0.600. The van der Waals surface area contributed by atoms with Crippen molar-refractivity contribution in [2.24, 2.45) is 5.41 Å². The Morgan fingerprint density at radius 1 is 1.38 bits per heavy atom. The van der Waals surface area contributed by atoms with Gasteiger partial charge in [-0.2, -0.15) is 0 Å². The van der Waals surface area contributed by atoms with E-state index in [1.165, 1.54) is 0 Å². The summed E-state index contributed by atoms with van der Waals surface area (Å²) in [7, 11) is -3.60. The molecule has 1 unspecified atom stereocenters. The molecule has 2 N–H and O–H groups in total. The second kappa shape index (κ2) is 5.94. The Hall–Kier alpha value is -1.11. The maximum atomic E-state index is 12.5. The molecular weight excluding hydrogens is 290 g/mol. The summed E-state index contributed by atoms with van der Waals surface area (Å²) in [5, 5.41) is 9.14. The van der Waals surface area contributed by atoms with Crippen LogP contribution in [-0.4, -0.2) is 32.8 Å². The van der Waals surface area contributed by atoms with Gasteiger partial charge in [-0.25, -0.2) is 13.1 Å². The number of hydrogen-bond donors (Lipinski definition) is 2. The van der Waals surface area contributed by atoms with Crippen LogP contribution in [0.2, 0.25) is 0 Å². The number of benzene rings is 1. The van der Waals surface area contributed by atoms with Gasteiger partial charge in [0.25, 0.3) is 0 Å². The van der Waals surface area contributed by atoms with Crippen molar-refractivity contribution in [1.82, 2.24) is 4.72 Å². The standard InChI is InChI=1S/C15H23NO4S/c1-15(2,3)14(6-8-17)16-21(18,19)12-4-5-13-11(10-12)7-9-20-13/h4-5,10,14,16-17H,6-9H2,1-3H3. The van der Waals surface area contributed by atoms with E-state index in [2.05, 4.69) is 4.72 Å². The van der Waals surface area contributed by atoms with Crippen molar-refractivity contribution < 1.29 is 18.3 Å². The third-order valence-corrected chi connectivity index (χ3v) is 5.20. The van der Waals surface area contributed by atoms with Crippen LogP contribution >= 0.6 is 0 Å². The van der Waals surface area contributed by atoms with E-state index in [1.807, 2.05) is 20.8 Å². The second-order valence-corrected chi connectivity index (χ2v) is 8.13. The molecule has 0 bridgehead atoms. The maximum Gasteiger partial charge on any atom is 0.240 e. The SMILES string of the molecule is CC(C)(C)C(CCO)NS(=O)(=O)c1ccc2c(c1)CCO2. The van der Waals surface area contributed by atoms with Gasteiger partial charge >= 0.3 is 0 Å². The molecule has 1 aliphatic rings. The van der Waals surface area contributed by atoms with Crippen LogP contribution in [0, 0.1) is 5.41 Å². The minimum atomic E-state index is -3.60. The largest absolute Gasteiger partial charge is 0.493 e. The summed E-state index contributed by atoms with van der Waals surface area (Å²) in [6.45, 7) is 6.40. The first-order valence-electron chi connectivity index (χ1n) is 7.13. The molecule has 1 aromatic rings. The van der Waals surface area contributed by atoms with Crippen LogP contribution in [-0.2, 0) is 16.4 Å². The minimum Gasteiger partial charge on any atom is -0.493 e. The van der Waals surface area contributed by atoms with Crippen LogP contribution in [0.5, 0.6) is 5.75 Å². The van der Waals surface area contributed by atoms with E-state index in [9.17, 15) is 8.42 Å². The number of ether oxygens (including phenoxy) is 1. The smallest absolute Gasteiger partial charge is 0.240 e. The lowest BCUT2D eigenvalue weighted by molar-refractivity contribution is 0.214. The fourth-order valence-corrected chi connectivity index (χ4v) is 3.91. The molecule has 118 valence electrons. The van der Waals surface area contributed by atoms with E-state index >= 15 is 0 Å². The molecular formula is C15H23NO4S. The Morgan fingerprint density at radius 3 is 2.71 bits per heavy atom. The molecule has 1 aliphatic heterocycles. The summed E-state index contributed by atoms with van der Waals surface area (Å²) >= 11 is 0. The van der Waals surface area contributed by atoms with Gasteiger partial charge in [-0.15, -0.1) is 0 Å². The van der Waals surface area contributed by atoms with Crippen LogP contribution in [0.1, 0.15) is 32.8 Å². The molecule has 1 aromatic carbocycles. The number of sulfonamides is 1. The monoisotopic (exact) mass is 313 g/mol. The van der Waals surface area contributed by atoms with Crippen molar-refractivity contribution >= 4 is 10.0 Å². The van der Waals surface area contributed by atoms with Gasteiger partial charge in [0.1, 0.15) is 5.75 Å². The summed E-state index contributed by atoms with van der Waals surface area (Å²) in [5.41, 5.74) is 0.655. The maximum absolute atomic E-state index is 12.5. The zero-order chi connectivity index (χ0) is 15.7. The number of fused-ring (bicyclic) bond motifs is 1. The van der Waals surface area contributed by atoms with Crippen LogP contribution in [0.25, 0.3) is 0 Å². The van der Waals surface area contributed by atoms with Gasteiger partial charge < -0.3 is 9.84 Å². The summed E-state index contributed by atoms with van der Waals surface area (Å²) < 4.78 is 33.2. The predicted molar refractivity (Wildman–Crippen MR) is 80.9 cm³/mol. The van der Waals surface area contributed by atoms with Gasteiger partial charge in [0.05, 0.1) is 11.5 Å². The van der Waals surface area contributed by atoms with Crippen molar-refractivity contribution in [1.29, 1.82) is 0 Å². The lowest BCUT2D eigenvalue weighted by atomic mass is 9.86. The van der Waals surface area contributed by atoms with Gasteiger partial charge in [0, 0.05) is 19.1 Å². The molecule has 0 amide bonds. The molecule has 0 spiro atoms. The van der Waals surface area contributed by atoms with Crippen molar-refractivity contribution in [2.75, 3.05) is 13.2 Å². The Morgan fingerprint density at radius 2 is 2.10 bits per heavy atom. The van der Waals surface area contributed by atoms with Crippen molar-refractivity contribution in [3.63, 3.8) is 0 Å². The first kappa shape index (κ1) is 16.3. The van der Waals surface area contributed by atoms with Crippen LogP contribution in [0.15, 0.2) is 23.1 Å². The lowest BCUT2D eigenvalue weighted by Crippen LogP contribution is -2.44. The van der Waals surface area contributed by atoms with Gasteiger partial charge in [-0.1, -0.05) is 20.8 Å². The molecule has 5 nitrogen and oxygen atoms in total. The first-order valence-corrected chi connectivity index (χ1v) is 8.61. The third-order valence-electron chi connectivity index (χ3n) is 3.73.